The summed E-state index contributed by atoms with van der Waals surface area (Å²) in [5, 5.41) is 7.79. The molecule has 3 rings (SSSR count). The molecule has 5 nitrogen and oxygen atoms in total. The molecule has 1 atom stereocenters. The maximum Gasteiger partial charge on any atom is 0.315 e. The van der Waals surface area contributed by atoms with Gasteiger partial charge in [-0.2, -0.15) is 0 Å². The van der Waals surface area contributed by atoms with Crippen molar-refractivity contribution in [3.8, 4) is 5.75 Å². The Morgan fingerprint density at radius 1 is 1.44 bits per heavy atom. The third kappa shape index (κ3) is 4.49. The van der Waals surface area contributed by atoms with Gasteiger partial charge in [0, 0.05) is 17.0 Å². The van der Waals surface area contributed by atoms with Crippen molar-refractivity contribution in [2.24, 2.45) is 0 Å². The van der Waals surface area contributed by atoms with Gasteiger partial charge in [0.05, 0.1) is 12.6 Å². The Morgan fingerprint density at radius 2 is 2.32 bits per heavy atom. The molecule has 7 heteroatoms. The molecule has 0 saturated heterocycles. The molecule has 0 saturated carbocycles. The fraction of sp³-hybridized carbons (Fsp3) is 0.389. The summed E-state index contributed by atoms with van der Waals surface area (Å²) in [6.45, 7) is 2.93. The van der Waals surface area contributed by atoms with Crippen molar-refractivity contribution in [3.63, 3.8) is 0 Å². The first kappa shape index (κ1) is 17.7. The number of urea groups is 1. The van der Waals surface area contributed by atoms with E-state index in [0.29, 0.717) is 30.9 Å². The lowest BCUT2D eigenvalue weighted by molar-refractivity contribution is -0.0172. The molecule has 0 fully saturated rings. The zero-order valence-electron chi connectivity index (χ0n) is 14.0. The van der Waals surface area contributed by atoms with E-state index in [1.807, 2.05) is 24.4 Å². The maximum absolute atomic E-state index is 13.7. The summed E-state index contributed by atoms with van der Waals surface area (Å²) in [6.07, 6.45) is 1.31. The maximum atomic E-state index is 13.7. The quantitative estimate of drug-likeness (QED) is 0.821. The SMILES string of the molecule is CCC(NC(=O)NCCc1cc(F)cc2c1OCOC2)c1cccs1. The predicted molar refractivity (Wildman–Crippen MR) is 94.3 cm³/mol. The zero-order valence-corrected chi connectivity index (χ0v) is 14.8. The molecule has 2 aromatic rings. The summed E-state index contributed by atoms with van der Waals surface area (Å²) in [5.41, 5.74) is 1.44. The van der Waals surface area contributed by atoms with Crippen LogP contribution in [0.1, 0.15) is 35.4 Å². The Kier molecular flexibility index (Phi) is 5.88. The van der Waals surface area contributed by atoms with Gasteiger partial charge < -0.3 is 20.1 Å². The zero-order chi connectivity index (χ0) is 17.6. The Hall–Kier alpha value is -2.12. The molecular formula is C18H21FN2O3S. The van der Waals surface area contributed by atoms with E-state index in [0.717, 1.165) is 16.9 Å². The molecule has 25 heavy (non-hydrogen) atoms. The number of rotatable bonds is 6. The lowest BCUT2D eigenvalue weighted by Crippen LogP contribution is -2.38. The van der Waals surface area contributed by atoms with Crippen LogP contribution in [0.15, 0.2) is 29.6 Å². The number of nitrogens with one attached hydrogen (secondary N) is 2. The van der Waals surface area contributed by atoms with E-state index in [1.54, 1.807) is 11.3 Å². The van der Waals surface area contributed by atoms with Gasteiger partial charge in [0.15, 0.2) is 6.79 Å². The number of hydrogen-bond donors (Lipinski definition) is 2. The van der Waals surface area contributed by atoms with Gasteiger partial charge in [-0.1, -0.05) is 13.0 Å². The molecule has 0 spiro atoms. The number of carbonyl (C=O) groups excluding carboxylic acids is 1. The second-order valence-corrected chi connectivity index (χ2v) is 6.77. The highest BCUT2D eigenvalue weighted by molar-refractivity contribution is 7.10. The van der Waals surface area contributed by atoms with Gasteiger partial charge in [0.1, 0.15) is 11.6 Å². The topological polar surface area (TPSA) is 59.6 Å². The summed E-state index contributed by atoms with van der Waals surface area (Å²) in [4.78, 5) is 13.2. The number of fused-ring (bicyclic) bond motifs is 1. The monoisotopic (exact) mass is 364 g/mol. The molecule has 1 unspecified atom stereocenters. The van der Waals surface area contributed by atoms with Gasteiger partial charge in [-0.3, -0.25) is 0 Å². The van der Waals surface area contributed by atoms with E-state index in [-0.39, 0.29) is 24.7 Å². The van der Waals surface area contributed by atoms with E-state index in [9.17, 15) is 9.18 Å². The van der Waals surface area contributed by atoms with E-state index in [4.69, 9.17) is 9.47 Å². The molecule has 0 aliphatic carbocycles. The van der Waals surface area contributed by atoms with E-state index in [2.05, 4.69) is 10.6 Å². The van der Waals surface area contributed by atoms with Crippen LogP contribution in [-0.4, -0.2) is 19.4 Å². The number of amides is 2. The smallest absolute Gasteiger partial charge is 0.315 e. The first-order valence-electron chi connectivity index (χ1n) is 8.27. The highest BCUT2D eigenvalue weighted by atomic mass is 32.1. The number of hydrogen-bond acceptors (Lipinski definition) is 4. The largest absolute Gasteiger partial charge is 0.467 e. The van der Waals surface area contributed by atoms with E-state index in [1.165, 1.54) is 12.1 Å². The minimum Gasteiger partial charge on any atom is -0.467 e. The Balaban J connectivity index is 1.54. The first-order valence-corrected chi connectivity index (χ1v) is 9.15. The number of carbonyl (C=O) groups is 1. The molecule has 1 aromatic heterocycles. The third-order valence-corrected chi connectivity index (χ3v) is 5.02. The fourth-order valence-electron chi connectivity index (χ4n) is 2.83. The molecule has 1 aliphatic heterocycles. The third-order valence-electron chi connectivity index (χ3n) is 4.03. The summed E-state index contributed by atoms with van der Waals surface area (Å²) >= 11 is 1.62. The highest BCUT2D eigenvalue weighted by Crippen LogP contribution is 2.29. The van der Waals surface area contributed by atoms with Crippen LogP contribution in [0, 0.1) is 5.82 Å². The van der Waals surface area contributed by atoms with Gasteiger partial charge in [0.2, 0.25) is 0 Å². The minimum atomic E-state index is -0.323. The molecular weight excluding hydrogens is 343 g/mol. The van der Waals surface area contributed by atoms with Crippen molar-refractivity contribution in [3.05, 3.63) is 51.5 Å². The van der Waals surface area contributed by atoms with Gasteiger partial charge in [-0.15, -0.1) is 11.3 Å². The van der Waals surface area contributed by atoms with E-state index >= 15 is 0 Å². The normalized spacial score (nSPS) is 14.3. The lowest BCUT2D eigenvalue weighted by atomic mass is 10.1. The lowest BCUT2D eigenvalue weighted by Gasteiger charge is -2.21. The highest BCUT2D eigenvalue weighted by Gasteiger charge is 2.17. The Labute approximate surface area is 150 Å². The molecule has 1 aliphatic rings. The molecule has 2 heterocycles. The van der Waals surface area contributed by atoms with Crippen LogP contribution in [-0.2, 0) is 17.8 Å². The fourth-order valence-corrected chi connectivity index (χ4v) is 3.69. The van der Waals surface area contributed by atoms with Crippen molar-refractivity contribution in [2.75, 3.05) is 13.3 Å². The summed E-state index contributed by atoms with van der Waals surface area (Å²) in [6, 6.07) is 6.63. The molecule has 2 N–H and O–H groups in total. The summed E-state index contributed by atoms with van der Waals surface area (Å²) in [5.74, 6) is 0.343. The van der Waals surface area contributed by atoms with E-state index < -0.39 is 0 Å². The second-order valence-electron chi connectivity index (χ2n) is 5.79. The molecule has 134 valence electrons. The molecule has 0 radical (unpaired) electrons. The summed E-state index contributed by atoms with van der Waals surface area (Å²) in [7, 11) is 0. The van der Waals surface area contributed by atoms with Crippen LogP contribution in [0.4, 0.5) is 9.18 Å². The number of benzene rings is 1. The van der Waals surface area contributed by atoms with Crippen molar-refractivity contribution in [1.29, 1.82) is 0 Å². The predicted octanol–water partition coefficient (Wildman–Crippen LogP) is 3.75. The number of halogens is 1. The molecule has 0 bridgehead atoms. The molecule has 2 amide bonds. The Morgan fingerprint density at radius 3 is 3.08 bits per heavy atom. The van der Waals surface area contributed by atoms with Crippen LogP contribution in [0.25, 0.3) is 0 Å². The number of thiophene rings is 1. The standard InChI is InChI=1S/C18H21FN2O3S/c1-2-15(16-4-3-7-25-16)21-18(22)20-6-5-12-8-14(19)9-13-10-23-11-24-17(12)13/h3-4,7-9,15H,2,5-6,10-11H2,1H3,(H2,20,21,22). The van der Waals surface area contributed by atoms with Crippen LogP contribution in [0.3, 0.4) is 0 Å². The van der Waals surface area contributed by atoms with Crippen molar-refractivity contribution >= 4 is 17.4 Å². The first-order chi connectivity index (χ1) is 12.2. The van der Waals surface area contributed by atoms with Crippen molar-refractivity contribution < 1.29 is 18.7 Å². The average Bonchev–Trinajstić information content (AvgIpc) is 3.14. The van der Waals surface area contributed by atoms with Crippen LogP contribution in [0.5, 0.6) is 5.75 Å². The average molecular weight is 364 g/mol. The Bertz CT molecular complexity index is 721. The van der Waals surface area contributed by atoms with Gasteiger partial charge in [-0.05, 0) is 42.0 Å². The second kappa shape index (κ2) is 8.31. The van der Waals surface area contributed by atoms with Gasteiger partial charge >= 0.3 is 6.03 Å². The van der Waals surface area contributed by atoms with Crippen LogP contribution < -0.4 is 15.4 Å². The number of ether oxygens (including phenoxy) is 2. The van der Waals surface area contributed by atoms with Crippen LogP contribution in [0.2, 0.25) is 0 Å². The van der Waals surface area contributed by atoms with Crippen molar-refractivity contribution in [1.82, 2.24) is 10.6 Å². The molecule has 1 aromatic carbocycles. The summed E-state index contributed by atoms with van der Waals surface area (Å²) < 4.78 is 24.4. The van der Waals surface area contributed by atoms with Gasteiger partial charge in [-0.25, -0.2) is 9.18 Å². The van der Waals surface area contributed by atoms with Crippen LogP contribution >= 0.6 is 11.3 Å². The van der Waals surface area contributed by atoms with Crippen molar-refractivity contribution in [2.45, 2.75) is 32.4 Å². The van der Waals surface area contributed by atoms with Gasteiger partial charge in [0.25, 0.3) is 0 Å². The minimum absolute atomic E-state index is 0.00223.